The molecule has 102 valence electrons. The van der Waals surface area contributed by atoms with E-state index < -0.39 is 0 Å². The minimum atomic E-state index is 0.249. The van der Waals surface area contributed by atoms with E-state index in [1.165, 1.54) is 0 Å². The van der Waals surface area contributed by atoms with Gasteiger partial charge in [-0.3, -0.25) is 0 Å². The van der Waals surface area contributed by atoms with E-state index in [1.54, 1.807) is 11.3 Å². The maximum atomic E-state index is 5.43. The Labute approximate surface area is 117 Å². The van der Waals surface area contributed by atoms with Crippen molar-refractivity contribution in [3.63, 3.8) is 0 Å². The summed E-state index contributed by atoms with van der Waals surface area (Å²) in [5.41, 5.74) is 1.08. The highest BCUT2D eigenvalue weighted by molar-refractivity contribution is 7.14. The molecule has 1 N–H and O–H groups in total. The van der Waals surface area contributed by atoms with Crippen LogP contribution in [0.15, 0.2) is 24.3 Å². The molecule has 0 radical (unpaired) electrons. The molecule has 1 atom stereocenters. The molecule has 0 amide bonds. The van der Waals surface area contributed by atoms with Crippen molar-refractivity contribution >= 4 is 11.3 Å². The molecule has 5 heteroatoms. The van der Waals surface area contributed by atoms with Crippen LogP contribution in [0.4, 0.5) is 0 Å². The molecular weight excluding hydrogens is 258 g/mol. The molecular formula is C14H19N3OS. The maximum Gasteiger partial charge on any atom is 0.147 e. The van der Waals surface area contributed by atoms with Crippen LogP contribution in [0.1, 0.15) is 31.8 Å². The van der Waals surface area contributed by atoms with Crippen LogP contribution in [-0.2, 0) is 0 Å². The summed E-state index contributed by atoms with van der Waals surface area (Å²) in [7, 11) is 0. The lowest BCUT2D eigenvalue weighted by molar-refractivity contribution is 0.340. The van der Waals surface area contributed by atoms with Gasteiger partial charge in [-0.1, -0.05) is 18.3 Å². The van der Waals surface area contributed by atoms with Crippen molar-refractivity contribution in [1.29, 1.82) is 0 Å². The molecule has 0 saturated carbocycles. The normalized spacial score (nSPS) is 12.4. The third-order valence-corrected chi connectivity index (χ3v) is 3.89. The van der Waals surface area contributed by atoms with Crippen molar-refractivity contribution in [3.05, 3.63) is 29.3 Å². The predicted molar refractivity (Wildman–Crippen MR) is 78.6 cm³/mol. The second-order valence-corrected chi connectivity index (χ2v) is 5.19. The molecule has 0 aliphatic carbocycles. The summed E-state index contributed by atoms with van der Waals surface area (Å²) in [6.07, 6.45) is 0. The smallest absolute Gasteiger partial charge is 0.147 e. The number of hydrogen-bond acceptors (Lipinski definition) is 5. The van der Waals surface area contributed by atoms with E-state index in [1.807, 2.05) is 31.2 Å². The van der Waals surface area contributed by atoms with E-state index in [0.717, 1.165) is 27.9 Å². The van der Waals surface area contributed by atoms with Gasteiger partial charge >= 0.3 is 0 Å². The van der Waals surface area contributed by atoms with E-state index in [0.29, 0.717) is 6.61 Å². The van der Waals surface area contributed by atoms with E-state index >= 15 is 0 Å². The zero-order valence-corrected chi connectivity index (χ0v) is 12.3. The van der Waals surface area contributed by atoms with Crippen molar-refractivity contribution in [2.45, 2.75) is 26.8 Å². The fraction of sp³-hybridized carbons (Fsp3) is 0.429. The molecule has 1 aromatic carbocycles. The summed E-state index contributed by atoms with van der Waals surface area (Å²) >= 11 is 1.63. The maximum absolute atomic E-state index is 5.43. The average Bonchev–Trinajstić information content (AvgIpc) is 2.90. The van der Waals surface area contributed by atoms with Crippen LogP contribution < -0.4 is 10.1 Å². The SMILES string of the molecule is CCNC(C)c1nnc(-c2ccc(OCC)cc2)s1. The molecule has 19 heavy (non-hydrogen) atoms. The van der Waals surface area contributed by atoms with Gasteiger partial charge in [0.05, 0.1) is 12.6 Å². The Hall–Kier alpha value is -1.46. The van der Waals surface area contributed by atoms with Crippen LogP contribution in [-0.4, -0.2) is 23.3 Å². The molecule has 2 rings (SSSR count). The van der Waals surface area contributed by atoms with Gasteiger partial charge in [-0.15, -0.1) is 10.2 Å². The summed E-state index contributed by atoms with van der Waals surface area (Å²) in [6, 6.07) is 8.22. The van der Waals surface area contributed by atoms with Gasteiger partial charge in [0.25, 0.3) is 0 Å². The molecule has 0 aliphatic rings. The summed E-state index contributed by atoms with van der Waals surface area (Å²) in [4.78, 5) is 0. The first-order valence-corrected chi connectivity index (χ1v) is 7.36. The second-order valence-electron chi connectivity index (χ2n) is 4.18. The van der Waals surface area contributed by atoms with Crippen LogP contribution >= 0.6 is 11.3 Å². The standard InChI is InChI=1S/C14H19N3OS/c1-4-15-10(3)13-16-17-14(19-13)11-6-8-12(9-7-11)18-5-2/h6-10,15H,4-5H2,1-3H3. The van der Waals surface area contributed by atoms with Crippen molar-refractivity contribution in [1.82, 2.24) is 15.5 Å². The first kappa shape index (κ1) is 14.0. The lowest BCUT2D eigenvalue weighted by atomic mass is 10.2. The lowest BCUT2D eigenvalue weighted by Gasteiger charge is -2.06. The van der Waals surface area contributed by atoms with Gasteiger partial charge < -0.3 is 10.1 Å². The van der Waals surface area contributed by atoms with Gasteiger partial charge in [-0.25, -0.2) is 0 Å². The number of aromatic nitrogens is 2. The van der Waals surface area contributed by atoms with Crippen LogP contribution in [0.3, 0.4) is 0 Å². The highest BCUT2D eigenvalue weighted by Gasteiger charge is 2.11. The van der Waals surface area contributed by atoms with Crippen LogP contribution in [0.25, 0.3) is 10.6 Å². The Bertz CT molecular complexity index is 510. The largest absolute Gasteiger partial charge is 0.494 e. The monoisotopic (exact) mass is 277 g/mol. The minimum absolute atomic E-state index is 0.249. The first-order valence-electron chi connectivity index (χ1n) is 6.54. The molecule has 0 aliphatic heterocycles. The highest BCUT2D eigenvalue weighted by Crippen LogP contribution is 2.27. The fourth-order valence-electron chi connectivity index (χ4n) is 1.78. The van der Waals surface area contributed by atoms with Gasteiger partial charge in [0, 0.05) is 5.56 Å². The molecule has 0 bridgehead atoms. The third kappa shape index (κ3) is 3.52. The third-order valence-electron chi connectivity index (χ3n) is 2.73. The number of ether oxygens (including phenoxy) is 1. The van der Waals surface area contributed by atoms with E-state index in [-0.39, 0.29) is 6.04 Å². The average molecular weight is 277 g/mol. The van der Waals surface area contributed by atoms with Crippen molar-refractivity contribution in [2.24, 2.45) is 0 Å². The van der Waals surface area contributed by atoms with Gasteiger partial charge in [-0.05, 0) is 44.7 Å². The number of benzene rings is 1. The van der Waals surface area contributed by atoms with Gasteiger partial charge in [0.15, 0.2) is 0 Å². The molecule has 1 unspecified atom stereocenters. The fourth-order valence-corrected chi connectivity index (χ4v) is 2.66. The summed E-state index contributed by atoms with van der Waals surface area (Å²) in [6.45, 7) is 7.78. The summed E-state index contributed by atoms with van der Waals surface area (Å²) in [5.74, 6) is 0.886. The van der Waals surface area contributed by atoms with Crippen molar-refractivity contribution in [2.75, 3.05) is 13.2 Å². The quantitative estimate of drug-likeness (QED) is 0.880. The zero-order chi connectivity index (χ0) is 13.7. The number of nitrogens with one attached hydrogen (secondary N) is 1. The van der Waals surface area contributed by atoms with Crippen LogP contribution in [0.2, 0.25) is 0 Å². The summed E-state index contributed by atoms with van der Waals surface area (Å²) < 4.78 is 5.43. The molecule has 4 nitrogen and oxygen atoms in total. The number of nitrogens with zero attached hydrogens (tertiary/aromatic N) is 2. The van der Waals surface area contributed by atoms with E-state index in [9.17, 15) is 0 Å². The second kappa shape index (κ2) is 6.63. The van der Waals surface area contributed by atoms with E-state index in [4.69, 9.17) is 4.74 Å². The molecule has 2 aromatic rings. The molecule has 1 heterocycles. The Kier molecular flexibility index (Phi) is 4.87. The molecule has 0 spiro atoms. The Morgan fingerprint density at radius 1 is 1.21 bits per heavy atom. The van der Waals surface area contributed by atoms with Crippen LogP contribution in [0.5, 0.6) is 5.75 Å². The first-order chi connectivity index (χ1) is 9.24. The molecule has 1 aromatic heterocycles. The minimum Gasteiger partial charge on any atom is -0.494 e. The predicted octanol–water partition coefficient (Wildman–Crippen LogP) is 3.27. The van der Waals surface area contributed by atoms with Crippen molar-refractivity contribution in [3.8, 4) is 16.3 Å². The Balaban J connectivity index is 2.13. The number of hydrogen-bond donors (Lipinski definition) is 1. The van der Waals surface area contributed by atoms with Crippen LogP contribution in [0, 0.1) is 0 Å². The summed E-state index contributed by atoms with van der Waals surface area (Å²) in [5, 5.41) is 13.8. The van der Waals surface area contributed by atoms with E-state index in [2.05, 4.69) is 29.4 Å². The van der Waals surface area contributed by atoms with Gasteiger partial charge in [-0.2, -0.15) is 0 Å². The Morgan fingerprint density at radius 2 is 1.95 bits per heavy atom. The van der Waals surface area contributed by atoms with Crippen molar-refractivity contribution < 1.29 is 4.74 Å². The lowest BCUT2D eigenvalue weighted by Crippen LogP contribution is -2.17. The van der Waals surface area contributed by atoms with Gasteiger partial charge in [0.2, 0.25) is 0 Å². The topological polar surface area (TPSA) is 47.0 Å². The molecule has 0 saturated heterocycles. The zero-order valence-electron chi connectivity index (χ0n) is 11.5. The van der Waals surface area contributed by atoms with Gasteiger partial charge in [0.1, 0.15) is 15.8 Å². The highest BCUT2D eigenvalue weighted by atomic mass is 32.1. The number of rotatable bonds is 6. The molecule has 0 fully saturated rings. The Morgan fingerprint density at radius 3 is 2.58 bits per heavy atom.